The molecule has 0 amide bonds. The fraction of sp³-hybridized carbons (Fsp3) is 0. The van der Waals surface area contributed by atoms with E-state index in [4.69, 9.17) is 6.42 Å². The first-order valence-corrected chi connectivity index (χ1v) is 3.68. The number of rotatable bonds is 2. The zero-order chi connectivity index (χ0) is 11.6. The molecule has 1 rings (SSSR count). The number of nitro benzene ring substituents is 1. The van der Waals surface area contributed by atoms with Crippen molar-refractivity contribution in [3.63, 3.8) is 0 Å². The molecule has 0 heterocycles. The van der Waals surface area contributed by atoms with E-state index in [1.165, 1.54) is 0 Å². The van der Waals surface area contributed by atoms with Gasteiger partial charge in [0.1, 0.15) is 0 Å². The Morgan fingerprint density at radius 1 is 1.47 bits per heavy atom. The van der Waals surface area contributed by atoms with Crippen molar-refractivity contribution in [3.8, 4) is 23.8 Å². The first-order chi connectivity index (χ1) is 7.02. The number of nitro groups is 1. The Kier molecular flexibility index (Phi) is 2.58. The van der Waals surface area contributed by atoms with Gasteiger partial charge < -0.3 is 10.2 Å². The topological polar surface area (TPSA) is 101 Å². The number of carbonyl (C=O) groups excluding carboxylic acids is 1. The van der Waals surface area contributed by atoms with Gasteiger partial charge in [0.2, 0.25) is 5.75 Å². The van der Waals surface area contributed by atoms with Crippen LogP contribution in [0, 0.1) is 22.5 Å². The molecule has 1 aromatic carbocycles. The maximum absolute atomic E-state index is 10.5. The molecule has 0 fully saturated rings. The van der Waals surface area contributed by atoms with Crippen molar-refractivity contribution in [2.24, 2.45) is 0 Å². The Bertz CT molecular complexity index is 486. The van der Waals surface area contributed by atoms with E-state index in [0.717, 1.165) is 6.07 Å². The lowest BCUT2D eigenvalue weighted by Crippen LogP contribution is -1.96. The van der Waals surface area contributed by atoms with Gasteiger partial charge in [-0.1, -0.05) is 5.92 Å². The van der Waals surface area contributed by atoms with Gasteiger partial charge in [-0.25, -0.2) is 0 Å². The van der Waals surface area contributed by atoms with Crippen LogP contribution in [0.4, 0.5) is 5.69 Å². The van der Waals surface area contributed by atoms with E-state index < -0.39 is 22.1 Å². The Hall–Kier alpha value is -2.55. The highest BCUT2D eigenvalue weighted by Gasteiger charge is 2.25. The Labute approximate surface area is 83.9 Å². The van der Waals surface area contributed by atoms with Gasteiger partial charge in [-0.15, -0.1) is 6.42 Å². The van der Waals surface area contributed by atoms with Crippen LogP contribution in [0.25, 0.3) is 0 Å². The summed E-state index contributed by atoms with van der Waals surface area (Å²) in [5.41, 5.74) is -1.43. The number of benzene rings is 1. The molecule has 0 radical (unpaired) electrons. The summed E-state index contributed by atoms with van der Waals surface area (Å²) in [5, 5.41) is 29.0. The second-order valence-electron chi connectivity index (χ2n) is 2.58. The first-order valence-electron chi connectivity index (χ1n) is 3.68. The summed E-state index contributed by atoms with van der Waals surface area (Å²) in [6.07, 6.45) is 5.14. The van der Waals surface area contributed by atoms with Crippen LogP contribution in [0.3, 0.4) is 0 Å². The van der Waals surface area contributed by atoms with E-state index in [-0.39, 0.29) is 17.4 Å². The highest BCUT2D eigenvalue weighted by atomic mass is 16.6. The predicted octanol–water partition coefficient (Wildman–Crippen LogP) is 0.800. The molecule has 0 unspecified atom stereocenters. The summed E-state index contributed by atoms with van der Waals surface area (Å²) < 4.78 is 0. The van der Waals surface area contributed by atoms with Gasteiger partial charge in [0.05, 0.1) is 16.1 Å². The molecule has 0 aromatic heterocycles. The Morgan fingerprint density at radius 3 is 2.47 bits per heavy atom. The Morgan fingerprint density at radius 2 is 2.07 bits per heavy atom. The standard InChI is InChI=1S/C9H5NO5/c1-2-5-3-6(4-11)7(10(14)15)9(13)8(5)12/h1,3-4,12-13H. The molecule has 0 saturated heterocycles. The third kappa shape index (κ3) is 1.58. The van der Waals surface area contributed by atoms with Gasteiger partial charge in [0.25, 0.3) is 0 Å². The molecule has 0 saturated carbocycles. The zero-order valence-corrected chi connectivity index (χ0v) is 7.30. The summed E-state index contributed by atoms with van der Waals surface area (Å²) in [5.74, 6) is 0.201. The fourth-order valence-electron chi connectivity index (χ4n) is 1.06. The highest BCUT2D eigenvalue weighted by molar-refractivity contribution is 5.86. The van der Waals surface area contributed by atoms with Gasteiger partial charge in [-0.05, 0) is 6.07 Å². The molecular weight excluding hydrogens is 202 g/mol. The molecule has 2 N–H and O–H groups in total. The maximum Gasteiger partial charge on any atom is 0.325 e. The fourth-order valence-corrected chi connectivity index (χ4v) is 1.06. The minimum Gasteiger partial charge on any atom is -0.503 e. The van der Waals surface area contributed by atoms with Crippen LogP contribution in [-0.2, 0) is 0 Å². The van der Waals surface area contributed by atoms with E-state index in [2.05, 4.69) is 0 Å². The van der Waals surface area contributed by atoms with Crippen LogP contribution in [0.15, 0.2) is 6.07 Å². The van der Waals surface area contributed by atoms with Crippen molar-refractivity contribution >= 4 is 12.0 Å². The van der Waals surface area contributed by atoms with E-state index >= 15 is 0 Å². The average molecular weight is 207 g/mol. The van der Waals surface area contributed by atoms with Crippen molar-refractivity contribution in [1.82, 2.24) is 0 Å². The molecule has 0 aliphatic heterocycles. The molecule has 6 nitrogen and oxygen atoms in total. The van der Waals surface area contributed by atoms with Gasteiger partial charge >= 0.3 is 5.69 Å². The van der Waals surface area contributed by atoms with Crippen molar-refractivity contribution in [1.29, 1.82) is 0 Å². The molecule has 0 spiro atoms. The number of carbonyl (C=O) groups is 1. The van der Waals surface area contributed by atoms with Crippen LogP contribution in [0.5, 0.6) is 11.5 Å². The third-order valence-electron chi connectivity index (χ3n) is 1.74. The minimum absolute atomic E-state index is 0.179. The number of aldehydes is 1. The largest absolute Gasteiger partial charge is 0.503 e. The van der Waals surface area contributed by atoms with Crippen molar-refractivity contribution < 1.29 is 19.9 Å². The van der Waals surface area contributed by atoms with Crippen LogP contribution in [0.1, 0.15) is 15.9 Å². The van der Waals surface area contributed by atoms with Crippen molar-refractivity contribution in [2.75, 3.05) is 0 Å². The zero-order valence-electron chi connectivity index (χ0n) is 7.30. The van der Waals surface area contributed by atoms with Gasteiger partial charge in [0, 0.05) is 0 Å². The van der Waals surface area contributed by atoms with Crippen molar-refractivity contribution in [2.45, 2.75) is 0 Å². The lowest BCUT2D eigenvalue weighted by molar-refractivity contribution is -0.386. The summed E-state index contributed by atoms with van der Waals surface area (Å²) in [7, 11) is 0. The quantitative estimate of drug-likeness (QED) is 0.245. The van der Waals surface area contributed by atoms with Gasteiger partial charge in [0.15, 0.2) is 12.0 Å². The lowest BCUT2D eigenvalue weighted by atomic mass is 10.1. The number of hydrogen-bond acceptors (Lipinski definition) is 5. The van der Waals surface area contributed by atoms with E-state index in [0.29, 0.717) is 0 Å². The van der Waals surface area contributed by atoms with E-state index in [1.54, 1.807) is 0 Å². The number of phenols is 2. The van der Waals surface area contributed by atoms with Crippen LogP contribution in [0.2, 0.25) is 0 Å². The normalized spacial score (nSPS) is 9.27. The van der Waals surface area contributed by atoms with Crippen LogP contribution < -0.4 is 0 Å². The number of hydrogen-bond donors (Lipinski definition) is 2. The monoisotopic (exact) mass is 207 g/mol. The van der Waals surface area contributed by atoms with E-state index in [1.807, 2.05) is 5.92 Å². The predicted molar refractivity (Wildman–Crippen MR) is 49.7 cm³/mol. The summed E-state index contributed by atoms with van der Waals surface area (Å²) in [6, 6.07) is 0.959. The SMILES string of the molecule is C#Cc1cc(C=O)c([N+](=O)[O-])c(O)c1O. The molecule has 0 aliphatic rings. The molecule has 76 valence electrons. The molecule has 1 aromatic rings. The number of phenolic OH excluding ortho intramolecular Hbond substituents is 2. The second-order valence-corrected chi connectivity index (χ2v) is 2.58. The Balaban J connectivity index is 3.68. The molecule has 0 bridgehead atoms. The van der Waals surface area contributed by atoms with E-state index in [9.17, 15) is 25.1 Å². The molecular formula is C9H5NO5. The first kappa shape index (κ1) is 10.5. The molecule has 6 heteroatoms. The lowest BCUT2D eigenvalue weighted by Gasteiger charge is -2.03. The average Bonchev–Trinajstić information content (AvgIpc) is 2.20. The molecule has 15 heavy (non-hydrogen) atoms. The van der Waals surface area contributed by atoms with Crippen LogP contribution >= 0.6 is 0 Å². The number of aromatic hydroxyl groups is 2. The van der Waals surface area contributed by atoms with Crippen LogP contribution in [-0.4, -0.2) is 21.4 Å². The minimum atomic E-state index is -1.00. The molecule has 0 atom stereocenters. The summed E-state index contributed by atoms with van der Waals surface area (Å²) in [6.45, 7) is 0. The summed E-state index contributed by atoms with van der Waals surface area (Å²) >= 11 is 0. The number of terminal acetylenes is 1. The highest BCUT2D eigenvalue weighted by Crippen LogP contribution is 2.39. The third-order valence-corrected chi connectivity index (χ3v) is 1.74. The second kappa shape index (κ2) is 3.67. The summed E-state index contributed by atoms with van der Waals surface area (Å²) in [4.78, 5) is 20.0. The molecule has 0 aliphatic carbocycles. The smallest absolute Gasteiger partial charge is 0.325 e. The van der Waals surface area contributed by atoms with Gasteiger partial charge in [-0.3, -0.25) is 14.9 Å². The number of nitrogens with zero attached hydrogens (tertiary/aromatic N) is 1. The van der Waals surface area contributed by atoms with Crippen molar-refractivity contribution in [3.05, 3.63) is 27.3 Å². The van der Waals surface area contributed by atoms with Gasteiger partial charge in [-0.2, -0.15) is 0 Å². The maximum atomic E-state index is 10.5.